The van der Waals surface area contributed by atoms with Crippen LogP contribution in [0.15, 0.2) is 12.3 Å². The van der Waals surface area contributed by atoms with Gasteiger partial charge in [-0.15, -0.1) is 0 Å². The Morgan fingerprint density at radius 2 is 2.10 bits per heavy atom. The van der Waals surface area contributed by atoms with Gasteiger partial charge in [0.1, 0.15) is 0 Å². The van der Waals surface area contributed by atoms with Crippen molar-refractivity contribution in [2.24, 2.45) is 0 Å². The molecule has 0 saturated heterocycles. The van der Waals surface area contributed by atoms with E-state index >= 15 is 0 Å². The van der Waals surface area contributed by atoms with E-state index in [1.54, 1.807) is 6.07 Å². The van der Waals surface area contributed by atoms with Crippen molar-refractivity contribution in [3.63, 3.8) is 0 Å². The molecule has 0 atom stereocenters. The number of rotatable bonds is 2. The van der Waals surface area contributed by atoms with Crippen LogP contribution in [0.2, 0.25) is 0 Å². The van der Waals surface area contributed by atoms with E-state index in [4.69, 9.17) is 0 Å². The topological polar surface area (TPSA) is 44.2 Å². The maximum atomic E-state index is 4.61. The van der Waals surface area contributed by atoms with Gasteiger partial charge in [0.25, 0.3) is 0 Å². The molecule has 1 rings (SSSR count). The van der Waals surface area contributed by atoms with Crippen LogP contribution < -0.4 is 8.85 Å². The van der Waals surface area contributed by atoms with Gasteiger partial charge in [0.2, 0.25) is 5.88 Å². The highest BCUT2D eigenvalue weighted by atomic mass is 28.2. The van der Waals surface area contributed by atoms with E-state index < -0.39 is 0 Å². The first-order valence-electron chi connectivity index (χ1n) is 2.37. The average Bonchev–Trinajstić information content (AvgIpc) is 2.05. The fourth-order valence-corrected chi connectivity index (χ4v) is 0.643. The van der Waals surface area contributed by atoms with E-state index in [1.165, 1.54) is 6.20 Å². The van der Waals surface area contributed by atoms with Crippen LogP contribution in [0.5, 0.6) is 11.9 Å². The van der Waals surface area contributed by atoms with Crippen molar-refractivity contribution in [1.82, 2.24) is 9.97 Å². The monoisotopic (exact) mass is 166 g/mol. The normalized spacial score (nSPS) is 9.00. The molecule has 6 heteroatoms. The molecule has 0 aromatic carbocycles. The molecule has 48 valence electrons. The summed E-state index contributed by atoms with van der Waals surface area (Å²) in [7, 11) is 5.57. The number of aromatic nitrogens is 2. The predicted molar refractivity (Wildman–Crippen MR) is 34.8 cm³/mol. The van der Waals surface area contributed by atoms with Gasteiger partial charge in [-0.2, -0.15) is 4.98 Å². The smallest absolute Gasteiger partial charge is 0.345 e. The zero-order valence-corrected chi connectivity index (χ0v) is 6.87. The minimum absolute atomic E-state index is 0.201. The third-order valence-corrected chi connectivity index (χ3v) is 1.20. The van der Waals surface area contributed by atoms with Crippen LogP contribution in [0.25, 0.3) is 0 Å². The standard InChI is InChI=1S/C4H2N2O2Si2/c9-7-3-1-2-5-4(6-3)8-10/h1-2H. The van der Waals surface area contributed by atoms with E-state index in [9.17, 15) is 0 Å². The molecule has 0 aliphatic carbocycles. The van der Waals surface area contributed by atoms with Crippen LogP contribution in [0.1, 0.15) is 0 Å². The maximum Gasteiger partial charge on any atom is 0.345 e. The fourth-order valence-electron chi connectivity index (χ4n) is 0.431. The predicted octanol–water partition coefficient (Wildman–Crippen LogP) is -0.599. The Morgan fingerprint density at radius 1 is 1.30 bits per heavy atom. The molecular weight excluding hydrogens is 164 g/mol. The Labute approximate surface area is 64.7 Å². The van der Waals surface area contributed by atoms with Gasteiger partial charge < -0.3 is 8.85 Å². The van der Waals surface area contributed by atoms with Crippen molar-refractivity contribution in [1.29, 1.82) is 0 Å². The third-order valence-electron chi connectivity index (χ3n) is 0.804. The highest BCUT2D eigenvalue weighted by Gasteiger charge is 1.94. The Morgan fingerprint density at radius 3 is 2.70 bits per heavy atom. The summed E-state index contributed by atoms with van der Waals surface area (Å²) in [4.78, 5) is 7.48. The van der Waals surface area contributed by atoms with E-state index in [1.807, 2.05) is 0 Å². The molecule has 4 nitrogen and oxygen atoms in total. The molecule has 0 spiro atoms. The first-order chi connectivity index (χ1) is 4.86. The van der Waals surface area contributed by atoms with Gasteiger partial charge in [0.05, 0.1) is 0 Å². The molecule has 0 amide bonds. The van der Waals surface area contributed by atoms with Crippen LogP contribution in [0.3, 0.4) is 0 Å². The quantitative estimate of drug-likeness (QED) is 0.550. The van der Waals surface area contributed by atoms with Gasteiger partial charge in [-0.25, -0.2) is 4.98 Å². The van der Waals surface area contributed by atoms with Crippen molar-refractivity contribution in [3.05, 3.63) is 12.3 Å². The second-order valence-electron chi connectivity index (χ2n) is 1.38. The summed E-state index contributed by atoms with van der Waals surface area (Å²) in [6, 6.07) is 1.79. The van der Waals surface area contributed by atoms with Gasteiger partial charge >= 0.3 is 27.0 Å². The second-order valence-corrected chi connectivity index (χ2v) is 1.79. The molecule has 0 unspecified atom stereocenters. The summed E-state index contributed by atoms with van der Waals surface area (Å²) >= 11 is 0. The van der Waals surface area contributed by atoms with Crippen LogP contribution in [0, 0.1) is 0 Å². The van der Waals surface area contributed by atoms with Crippen molar-refractivity contribution >= 4 is 21.0 Å². The van der Waals surface area contributed by atoms with E-state index in [0.717, 1.165) is 0 Å². The Balaban J connectivity index is 2.87. The summed E-state index contributed by atoms with van der Waals surface area (Å²) in [5, 5.41) is 0. The van der Waals surface area contributed by atoms with Gasteiger partial charge in [-0.3, -0.25) is 0 Å². The van der Waals surface area contributed by atoms with Gasteiger partial charge in [0.15, 0.2) is 0 Å². The SMILES string of the molecule is [Si]Oc1ccnc(O[Si])n1. The van der Waals surface area contributed by atoms with Crippen molar-refractivity contribution < 1.29 is 8.85 Å². The minimum atomic E-state index is 0.201. The molecule has 0 bridgehead atoms. The van der Waals surface area contributed by atoms with E-state index in [-0.39, 0.29) is 6.01 Å². The molecule has 1 aromatic rings. The number of nitrogens with zero attached hydrogens (tertiary/aromatic N) is 2. The summed E-state index contributed by atoms with van der Waals surface area (Å²) < 4.78 is 9.15. The molecular formula is C4H2N2O2Si2. The highest BCUT2D eigenvalue weighted by molar-refractivity contribution is 6.00. The van der Waals surface area contributed by atoms with Gasteiger partial charge in [-0.05, 0) is 0 Å². The summed E-state index contributed by atoms with van der Waals surface area (Å²) in [5.74, 6) is 0.389. The Hall–Kier alpha value is -0.886. The summed E-state index contributed by atoms with van der Waals surface area (Å²) in [6.07, 6.45) is 1.51. The van der Waals surface area contributed by atoms with Crippen LogP contribution >= 0.6 is 0 Å². The second kappa shape index (κ2) is 3.32. The molecule has 0 aliphatic heterocycles. The molecule has 10 heavy (non-hydrogen) atoms. The Kier molecular flexibility index (Phi) is 2.40. The van der Waals surface area contributed by atoms with E-state index in [2.05, 4.69) is 39.8 Å². The lowest BCUT2D eigenvalue weighted by Crippen LogP contribution is -1.95. The third kappa shape index (κ3) is 1.55. The highest BCUT2D eigenvalue weighted by Crippen LogP contribution is 2.07. The molecule has 6 radical (unpaired) electrons. The number of hydrogen-bond donors (Lipinski definition) is 0. The number of hydrogen-bond acceptors (Lipinski definition) is 4. The lowest BCUT2D eigenvalue weighted by Gasteiger charge is -1.98. The summed E-state index contributed by atoms with van der Waals surface area (Å²) in [6.45, 7) is 0. The van der Waals surface area contributed by atoms with Crippen LogP contribution in [-0.4, -0.2) is 30.9 Å². The van der Waals surface area contributed by atoms with Crippen molar-refractivity contribution in [2.45, 2.75) is 0 Å². The lowest BCUT2D eigenvalue weighted by molar-refractivity contribution is 0.521. The molecule has 0 saturated carbocycles. The van der Waals surface area contributed by atoms with Crippen LogP contribution in [-0.2, 0) is 0 Å². The molecule has 0 aliphatic rings. The minimum Gasteiger partial charge on any atom is -0.527 e. The van der Waals surface area contributed by atoms with Gasteiger partial charge in [-0.1, -0.05) is 0 Å². The van der Waals surface area contributed by atoms with Gasteiger partial charge in [0, 0.05) is 12.3 Å². The Bertz CT molecular complexity index is 201. The van der Waals surface area contributed by atoms with Crippen LogP contribution in [0.4, 0.5) is 0 Å². The van der Waals surface area contributed by atoms with Crippen molar-refractivity contribution in [2.75, 3.05) is 0 Å². The zero-order valence-electron chi connectivity index (χ0n) is 4.87. The van der Waals surface area contributed by atoms with Crippen molar-refractivity contribution in [3.8, 4) is 11.9 Å². The first-order valence-corrected chi connectivity index (χ1v) is 3.18. The summed E-state index contributed by atoms with van der Waals surface area (Å²) in [5.41, 5.74) is 0. The average molecular weight is 166 g/mol. The fraction of sp³-hybridized carbons (Fsp3) is 0. The lowest BCUT2D eigenvalue weighted by atomic mass is 10.6. The molecule has 1 aromatic heterocycles. The first kappa shape index (κ1) is 7.22. The molecule has 1 heterocycles. The largest absolute Gasteiger partial charge is 0.527 e. The molecule has 0 fully saturated rings. The zero-order chi connectivity index (χ0) is 7.40. The maximum absolute atomic E-state index is 4.61. The molecule has 0 N–H and O–H groups in total. The van der Waals surface area contributed by atoms with E-state index in [0.29, 0.717) is 5.88 Å².